The molecule has 6 heteroatoms. The smallest absolute Gasteiger partial charge is 0.129 e. The van der Waals surface area contributed by atoms with E-state index in [0.29, 0.717) is 5.02 Å². The highest BCUT2D eigenvalue weighted by Crippen LogP contribution is 2.30. The Kier molecular flexibility index (Phi) is 3.94. The molecule has 3 rings (SSSR count). The molecule has 0 fully saturated rings. The van der Waals surface area contributed by atoms with Crippen molar-refractivity contribution in [2.75, 3.05) is 5.32 Å². The number of phenols is 1. The second kappa shape index (κ2) is 5.87. The van der Waals surface area contributed by atoms with Crippen LogP contribution in [-0.2, 0) is 6.42 Å². The Morgan fingerprint density at radius 2 is 1.95 bits per heavy atom. The maximum absolute atomic E-state index is 9.31. The van der Waals surface area contributed by atoms with Crippen molar-refractivity contribution in [3.63, 3.8) is 0 Å². The van der Waals surface area contributed by atoms with Crippen molar-refractivity contribution in [2.45, 2.75) is 19.4 Å². The number of phenolic OH excluding ortho intramolecular Hbond substituents is 1. The molecule has 0 aliphatic heterocycles. The summed E-state index contributed by atoms with van der Waals surface area (Å²) >= 11 is 7.45. The van der Waals surface area contributed by atoms with Gasteiger partial charge >= 0.3 is 0 Å². The van der Waals surface area contributed by atoms with Gasteiger partial charge in [-0.1, -0.05) is 23.7 Å². The first-order valence-corrected chi connectivity index (χ1v) is 7.69. The Bertz CT molecular complexity index is 757. The van der Waals surface area contributed by atoms with Crippen molar-refractivity contribution >= 4 is 40.0 Å². The van der Waals surface area contributed by atoms with Crippen molar-refractivity contribution in [1.29, 1.82) is 0 Å². The Hall–Kier alpha value is -1.85. The number of nitrogens with one attached hydrogen (secondary N) is 1. The molecule has 0 bridgehead atoms. The van der Waals surface area contributed by atoms with Crippen molar-refractivity contribution < 1.29 is 5.11 Å². The molecular weight excluding hydrogens is 306 g/mol. The molecule has 0 aliphatic carbocycles. The number of nitrogens with zero attached hydrogens (tertiary/aromatic N) is 2. The van der Waals surface area contributed by atoms with Crippen LogP contribution in [0.4, 0.5) is 5.69 Å². The monoisotopic (exact) mass is 319 g/mol. The summed E-state index contributed by atoms with van der Waals surface area (Å²) in [5.74, 6) is 0.278. The third kappa shape index (κ3) is 3.09. The normalized spacial score (nSPS) is 12.5. The Labute approximate surface area is 131 Å². The van der Waals surface area contributed by atoms with Crippen LogP contribution in [0.1, 0.15) is 12.5 Å². The molecule has 108 valence electrons. The third-order valence-electron chi connectivity index (χ3n) is 3.25. The lowest BCUT2D eigenvalue weighted by Gasteiger charge is -2.16. The van der Waals surface area contributed by atoms with Gasteiger partial charge in [-0.3, -0.25) is 0 Å². The standard InChI is InChI=1S/C15H14ClN3OS/c1-9(8-10-2-4-11(20)5-3-10)17-14-12(16)6-7-13-15(14)19-21-18-13/h2-7,9,17,20H,8H2,1H3. The minimum atomic E-state index is 0.180. The topological polar surface area (TPSA) is 58.0 Å². The summed E-state index contributed by atoms with van der Waals surface area (Å²) < 4.78 is 8.53. The lowest BCUT2D eigenvalue weighted by molar-refractivity contribution is 0.475. The van der Waals surface area contributed by atoms with Gasteiger partial charge in [0.25, 0.3) is 0 Å². The quantitative estimate of drug-likeness (QED) is 0.760. The number of benzene rings is 2. The minimum Gasteiger partial charge on any atom is -0.508 e. The maximum Gasteiger partial charge on any atom is 0.129 e. The lowest BCUT2D eigenvalue weighted by atomic mass is 10.1. The summed E-state index contributed by atoms with van der Waals surface area (Å²) in [4.78, 5) is 0. The predicted molar refractivity (Wildman–Crippen MR) is 87.3 cm³/mol. The summed E-state index contributed by atoms with van der Waals surface area (Å²) in [7, 11) is 0. The number of aromatic hydroxyl groups is 1. The molecule has 2 aromatic carbocycles. The summed E-state index contributed by atoms with van der Waals surface area (Å²) in [6, 6.07) is 11.1. The molecule has 4 nitrogen and oxygen atoms in total. The minimum absolute atomic E-state index is 0.180. The predicted octanol–water partition coefficient (Wildman–Crippen LogP) is 4.09. The van der Waals surface area contributed by atoms with Gasteiger partial charge in [0.15, 0.2) is 0 Å². The molecule has 21 heavy (non-hydrogen) atoms. The van der Waals surface area contributed by atoms with Gasteiger partial charge < -0.3 is 10.4 Å². The molecule has 1 atom stereocenters. The van der Waals surface area contributed by atoms with Gasteiger partial charge in [0.1, 0.15) is 16.8 Å². The molecule has 0 spiro atoms. The molecule has 0 radical (unpaired) electrons. The summed E-state index contributed by atoms with van der Waals surface area (Å²) in [6.07, 6.45) is 0.824. The van der Waals surface area contributed by atoms with Crippen LogP contribution in [-0.4, -0.2) is 19.9 Å². The van der Waals surface area contributed by atoms with Crippen molar-refractivity contribution in [3.05, 3.63) is 47.0 Å². The fourth-order valence-electron chi connectivity index (χ4n) is 2.25. The van der Waals surface area contributed by atoms with Crippen LogP contribution in [0.25, 0.3) is 11.0 Å². The zero-order valence-electron chi connectivity index (χ0n) is 11.4. The lowest BCUT2D eigenvalue weighted by Crippen LogP contribution is -2.18. The average Bonchev–Trinajstić information content (AvgIpc) is 2.93. The van der Waals surface area contributed by atoms with Crippen LogP contribution in [0, 0.1) is 0 Å². The van der Waals surface area contributed by atoms with Crippen LogP contribution < -0.4 is 5.32 Å². The molecule has 1 unspecified atom stereocenters. The van der Waals surface area contributed by atoms with Crippen molar-refractivity contribution in [2.24, 2.45) is 0 Å². The number of hydrogen-bond acceptors (Lipinski definition) is 5. The van der Waals surface area contributed by atoms with Gasteiger partial charge in [-0.15, -0.1) is 0 Å². The molecule has 1 aromatic heterocycles. The summed E-state index contributed by atoms with van der Waals surface area (Å²) in [5.41, 5.74) is 3.63. The van der Waals surface area contributed by atoms with Gasteiger partial charge in [-0.05, 0) is 43.2 Å². The molecule has 3 aromatic rings. The zero-order chi connectivity index (χ0) is 14.8. The van der Waals surface area contributed by atoms with Crippen LogP contribution in [0.5, 0.6) is 5.75 Å². The van der Waals surface area contributed by atoms with E-state index in [1.54, 1.807) is 12.1 Å². The van der Waals surface area contributed by atoms with Crippen LogP contribution >= 0.6 is 23.3 Å². The van der Waals surface area contributed by atoms with E-state index in [1.807, 2.05) is 24.3 Å². The van der Waals surface area contributed by atoms with Crippen molar-refractivity contribution in [3.8, 4) is 5.75 Å². The molecule has 0 saturated carbocycles. The maximum atomic E-state index is 9.31. The van der Waals surface area contributed by atoms with E-state index in [0.717, 1.165) is 28.7 Å². The van der Waals surface area contributed by atoms with E-state index < -0.39 is 0 Å². The number of anilines is 1. The number of rotatable bonds is 4. The van der Waals surface area contributed by atoms with E-state index in [9.17, 15) is 5.11 Å². The molecule has 0 saturated heterocycles. The van der Waals surface area contributed by atoms with Gasteiger partial charge in [0, 0.05) is 6.04 Å². The van der Waals surface area contributed by atoms with E-state index in [2.05, 4.69) is 21.0 Å². The first-order valence-electron chi connectivity index (χ1n) is 6.58. The van der Waals surface area contributed by atoms with Crippen LogP contribution in [0.3, 0.4) is 0 Å². The van der Waals surface area contributed by atoms with Crippen LogP contribution in [0.2, 0.25) is 5.02 Å². The first-order chi connectivity index (χ1) is 10.1. The van der Waals surface area contributed by atoms with E-state index in [-0.39, 0.29) is 11.8 Å². The third-order valence-corrected chi connectivity index (χ3v) is 4.10. The first kappa shape index (κ1) is 14.1. The van der Waals surface area contributed by atoms with E-state index in [4.69, 9.17) is 11.6 Å². The second-order valence-electron chi connectivity index (χ2n) is 4.97. The van der Waals surface area contributed by atoms with E-state index >= 15 is 0 Å². The van der Waals surface area contributed by atoms with Gasteiger partial charge in [0.2, 0.25) is 0 Å². The average molecular weight is 320 g/mol. The highest BCUT2D eigenvalue weighted by molar-refractivity contribution is 7.00. The highest BCUT2D eigenvalue weighted by atomic mass is 35.5. The summed E-state index contributed by atoms with van der Waals surface area (Å²) in [6.45, 7) is 2.09. The fourth-order valence-corrected chi connectivity index (χ4v) is 3.00. The Balaban J connectivity index is 1.79. The Morgan fingerprint density at radius 1 is 1.19 bits per heavy atom. The molecule has 0 amide bonds. The largest absolute Gasteiger partial charge is 0.508 e. The van der Waals surface area contributed by atoms with Crippen molar-refractivity contribution in [1.82, 2.24) is 8.75 Å². The summed E-state index contributed by atoms with van der Waals surface area (Å²) in [5, 5.41) is 13.4. The van der Waals surface area contributed by atoms with Gasteiger partial charge in [0.05, 0.1) is 22.4 Å². The second-order valence-corrected chi connectivity index (χ2v) is 5.91. The number of halogens is 1. The number of fused-ring (bicyclic) bond motifs is 1. The SMILES string of the molecule is CC(Cc1ccc(O)cc1)Nc1c(Cl)ccc2nsnc12. The molecule has 2 N–H and O–H groups in total. The van der Waals surface area contributed by atoms with Gasteiger partial charge in [-0.25, -0.2) is 0 Å². The molecule has 1 heterocycles. The fraction of sp³-hybridized carbons (Fsp3) is 0.200. The molecular formula is C15H14ClN3OS. The number of hydrogen-bond donors (Lipinski definition) is 2. The van der Waals surface area contributed by atoms with Gasteiger partial charge in [-0.2, -0.15) is 8.75 Å². The van der Waals surface area contributed by atoms with E-state index in [1.165, 1.54) is 11.7 Å². The van der Waals surface area contributed by atoms with Crippen LogP contribution in [0.15, 0.2) is 36.4 Å². The Morgan fingerprint density at radius 3 is 2.71 bits per heavy atom. The zero-order valence-corrected chi connectivity index (χ0v) is 12.9. The highest BCUT2D eigenvalue weighted by Gasteiger charge is 2.12. The number of aromatic nitrogens is 2. The molecule has 0 aliphatic rings.